The molecule has 0 N–H and O–H groups in total. The minimum absolute atomic E-state index is 0.0571. The van der Waals surface area contributed by atoms with E-state index >= 15 is 0 Å². The summed E-state index contributed by atoms with van der Waals surface area (Å²) in [4.78, 5) is 23.9. The Hall–Kier alpha value is -2.87. The van der Waals surface area contributed by atoms with Gasteiger partial charge in [-0.15, -0.1) is 0 Å². The van der Waals surface area contributed by atoms with Gasteiger partial charge < -0.3 is 14.4 Å². The SMILES string of the molecule is COc1ccc(OCC(=O)N(C)Cc2c(F)cccc2Cl)c([N+](=O)[O-])c1. The lowest BCUT2D eigenvalue weighted by molar-refractivity contribution is -0.385. The van der Waals surface area contributed by atoms with Crippen molar-refractivity contribution in [2.45, 2.75) is 6.54 Å². The fourth-order valence-electron chi connectivity index (χ4n) is 2.15. The Bertz CT molecular complexity index is 811. The molecule has 0 unspecified atom stereocenters. The summed E-state index contributed by atoms with van der Waals surface area (Å²) < 4.78 is 24.0. The molecule has 0 aromatic heterocycles. The van der Waals surface area contributed by atoms with Crippen molar-refractivity contribution in [1.82, 2.24) is 4.90 Å². The number of hydrogen-bond donors (Lipinski definition) is 0. The van der Waals surface area contributed by atoms with Gasteiger partial charge in [0.15, 0.2) is 12.4 Å². The molecule has 7 nitrogen and oxygen atoms in total. The van der Waals surface area contributed by atoms with Crippen LogP contribution in [0.25, 0.3) is 0 Å². The van der Waals surface area contributed by atoms with Crippen LogP contribution >= 0.6 is 11.6 Å². The van der Waals surface area contributed by atoms with E-state index in [1.807, 2.05) is 0 Å². The van der Waals surface area contributed by atoms with E-state index in [9.17, 15) is 19.3 Å². The van der Waals surface area contributed by atoms with Crippen LogP contribution in [0.4, 0.5) is 10.1 Å². The van der Waals surface area contributed by atoms with Gasteiger partial charge in [0.25, 0.3) is 5.91 Å². The molecule has 0 fully saturated rings. The molecule has 0 radical (unpaired) electrons. The number of ether oxygens (including phenoxy) is 2. The lowest BCUT2D eigenvalue weighted by atomic mass is 10.2. The normalized spacial score (nSPS) is 10.3. The average molecular weight is 383 g/mol. The number of amides is 1. The number of nitro benzene ring substituents is 1. The Kier molecular flexibility index (Phi) is 6.35. The molecule has 1 amide bonds. The van der Waals surface area contributed by atoms with Crippen molar-refractivity contribution >= 4 is 23.2 Å². The minimum atomic E-state index is -0.634. The second-order valence-corrected chi connectivity index (χ2v) is 5.74. The van der Waals surface area contributed by atoms with Crippen molar-refractivity contribution in [3.63, 3.8) is 0 Å². The van der Waals surface area contributed by atoms with Gasteiger partial charge >= 0.3 is 5.69 Å². The highest BCUT2D eigenvalue weighted by molar-refractivity contribution is 6.31. The molecule has 0 aliphatic heterocycles. The van der Waals surface area contributed by atoms with Gasteiger partial charge in [0.1, 0.15) is 11.6 Å². The lowest BCUT2D eigenvalue weighted by Gasteiger charge is -2.18. The van der Waals surface area contributed by atoms with Crippen LogP contribution in [-0.4, -0.2) is 36.5 Å². The Morgan fingerprint density at radius 3 is 2.69 bits per heavy atom. The highest BCUT2D eigenvalue weighted by Gasteiger charge is 2.19. The van der Waals surface area contributed by atoms with Gasteiger partial charge in [-0.1, -0.05) is 17.7 Å². The predicted octanol–water partition coefficient (Wildman–Crippen LogP) is 3.43. The maximum atomic E-state index is 13.8. The monoisotopic (exact) mass is 382 g/mol. The van der Waals surface area contributed by atoms with Crippen LogP contribution in [-0.2, 0) is 11.3 Å². The van der Waals surface area contributed by atoms with Crippen LogP contribution in [0.5, 0.6) is 11.5 Å². The van der Waals surface area contributed by atoms with Crippen LogP contribution in [0, 0.1) is 15.9 Å². The van der Waals surface area contributed by atoms with Gasteiger partial charge in [-0.05, 0) is 24.3 Å². The summed E-state index contributed by atoms with van der Waals surface area (Å²) in [6.45, 7) is -0.506. The molecule has 0 saturated heterocycles. The summed E-state index contributed by atoms with van der Waals surface area (Å²) in [6, 6.07) is 8.26. The number of carbonyl (C=O) groups is 1. The van der Waals surface area contributed by atoms with Crippen molar-refractivity contribution in [3.05, 3.63) is 62.9 Å². The first-order valence-corrected chi connectivity index (χ1v) is 7.83. The predicted molar refractivity (Wildman–Crippen MR) is 93.0 cm³/mol. The molecular weight excluding hydrogens is 367 g/mol. The second kappa shape index (κ2) is 8.48. The summed E-state index contributed by atoms with van der Waals surface area (Å²) in [5.41, 5.74) is -0.141. The Labute approximate surface area is 154 Å². The molecule has 0 aliphatic carbocycles. The second-order valence-electron chi connectivity index (χ2n) is 5.33. The van der Waals surface area contributed by atoms with Crippen molar-refractivity contribution in [1.29, 1.82) is 0 Å². The molecule has 0 saturated carbocycles. The molecule has 0 heterocycles. The quantitative estimate of drug-likeness (QED) is 0.541. The van der Waals surface area contributed by atoms with E-state index in [-0.39, 0.29) is 28.6 Å². The third-order valence-electron chi connectivity index (χ3n) is 3.60. The summed E-state index contributed by atoms with van der Waals surface area (Å²) in [5.74, 6) is -0.790. The zero-order valence-corrected chi connectivity index (χ0v) is 14.8. The highest BCUT2D eigenvalue weighted by Crippen LogP contribution is 2.31. The van der Waals surface area contributed by atoms with E-state index < -0.39 is 23.3 Å². The molecule has 0 spiro atoms. The van der Waals surface area contributed by atoms with E-state index in [2.05, 4.69) is 0 Å². The van der Waals surface area contributed by atoms with Gasteiger partial charge in [-0.25, -0.2) is 4.39 Å². The van der Waals surface area contributed by atoms with Crippen LogP contribution in [0.1, 0.15) is 5.56 Å². The Balaban J connectivity index is 2.05. The van der Waals surface area contributed by atoms with Gasteiger partial charge in [0.2, 0.25) is 0 Å². The Morgan fingerprint density at radius 2 is 2.08 bits per heavy atom. The maximum Gasteiger partial charge on any atom is 0.314 e. The Morgan fingerprint density at radius 1 is 1.35 bits per heavy atom. The molecule has 2 aromatic rings. The standard InChI is InChI=1S/C17H16ClFN2O5/c1-20(9-12-13(18)4-3-5-14(12)19)17(22)10-26-16-7-6-11(25-2)8-15(16)21(23)24/h3-8H,9-10H2,1-2H3. The molecule has 0 bridgehead atoms. The zero-order valence-electron chi connectivity index (χ0n) is 14.1. The summed E-state index contributed by atoms with van der Waals surface area (Å²) in [7, 11) is 2.84. The summed E-state index contributed by atoms with van der Waals surface area (Å²) in [6.07, 6.45) is 0. The number of halogens is 2. The number of likely N-dealkylation sites (N-methyl/N-ethyl adjacent to an activating group) is 1. The average Bonchev–Trinajstić information content (AvgIpc) is 2.62. The van der Waals surface area contributed by atoms with Crippen molar-refractivity contribution in [3.8, 4) is 11.5 Å². The molecule has 0 aliphatic rings. The third-order valence-corrected chi connectivity index (χ3v) is 3.95. The zero-order chi connectivity index (χ0) is 19.3. The smallest absolute Gasteiger partial charge is 0.314 e. The van der Waals surface area contributed by atoms with Crippen LogP contribution in [0.3, 0.4) is 0 Å². The molecule has 9 heteroatoms. The summed E-state index contributed by atoms with van der Waals surface area (Å²) in [5, 5.41) is 11.3. The first kappa shape index (κ1) is 19.5. The molecule has 2 aromatic carbocycles. The first-order chi connectivity index (χ1) is 12.3. The van der Waals surface area contributed by atoms with E-state index in [4.69, 9.17) is 21.1 Å². The molecule has 2 rings (SSSR count). The van der Waals surface area contributed by atoms with Crippen LogP contribution in [0.2, 0.25) is 5.02 Å². The van der Waals surface area contributed by atoms with Crippen LogP contribution < -0.4 is 9.47 Å². The number of nitro groups is 1. The topological polar surface area (TPSA) is 81.9 Å². The van der Waals surface area contributed by atoms with E-state index in [0.29, 0.717) is 5.75 Å². The van der Waals surface area contributed by atoms with Gasteiger partial charge in [-0.2, -0.15) is 0 Å². The van der Waals surface area contributed by atoms with Gasteiger partial charge in [0, 0.05) is 24.2 Å². The molecule has 0 atom stereocenters. The van der Waals surface area contributed by atoms with Crippen molar-refractivity contribution in [2.75, 3.05) is 20.8 Å². The maximum absolute atomic E-state index is 13.8. The van der Waals surface area contributed by atoms with E-state index in [0.717, 1.165) is 0 Å². The van der Waals surface area contributed by atoms with Gasteiger partial charge in [-0.3, -0.25) is 14.9 Å². The van der Waals surface area contributed by atoms with Crippen molar-refractivity contribution in [2.24, 2.45) is 0 Å². The minimum Gasteiger partial charge on any atom is -0.496 e. The third kappa shape index (κ3) is 4.60. The molecule has 26 heavy (non-hydrogen) atoms. The fourth-order valence-corrected chi connectivity index (χ4v) is 2.37. The number of benzene rings is 2. The number of hydrogen-bond acceptors (Lipinski definition) is 5. The van der Waals surface area contributed by atoms with Gasteiger partial charge in [0.05, 0.1) is 18.1 Å². The molecule has 138 valence electrons. The fraction of sp³-hybridized carbons (Fsp3) is 0.235. The van der Waals surface area contributed by atoms with E-state index in [1.165, 1.54) is 55.5 Å². The van der Waals surface area contributed by atoms with E-state index in [1.54, 1.807) is 0 Å². The van der Waals surface area contributed by atoms with Crippen LogP contribution in [0.15, 0.2) is 36.4 Å². The number of carbonyl (C=O) groups excluding carboxylic acids is 1. The van der Waals surface area contributed by atoms with Crippen molar-refractivity contribution < 1.29 is 23.6 Å². The number of methoxy groups -OCH3 is 1. The first-order valence-electron chi connectivity index (χ1n) is 7.45. The largest absolute Gasteiger partial charge is 0.496 e. The molecular formula is C17H16ClFN2O5. The lowest BCUT2D eigenvalue weighted by Crippen LogP contribution is -2.31. The number of nitrogens with zero attached hydrogens (tertiary/aromatic N) is 2. The number of rotatable bonds is 7. The summed E-state index contributed by atoms with van der Waals surface area (Å²) >= 11 is 5.94. The highest BCUT2D eigenvalue weighted by atomic mass is 35.5.